The molecule has 7 heteroatoms. The van der Waals surface area contributed by atoms with E-state index < -0.39 is 5.25 Å². The van der Waals surface area contributed by atoms with E-state index in [0.29, 0.717) is 11.5 Å². The van der Waals surface area contributed by atoms with E-state index in [4.69, 9.17) is 4.52 Å². The number of benzene rings is 2. The monoisotopic (exact) mass is 379 g/mol. The van der Waals surface area contributed by atoms with Crippen molar-refractivity contribution in [3.63, 3.8) is 0 Å². The van der Waals surface area contributed by atoms with Crippen LogP contribution in [0, 0.1) is 0 Å². The van der Waals surface area contributed by atoms with Crippen molar-refractivity contribution in [2.75, 3.05) is 5.32 Å². The Morgan fingerprint density at radius 2 is 1.93 bits per heavy atom. The standard InChI is InChI=1S/C20H17N3O3S/c24-19(11-18-20(25)22-15-8-4-5-9-17(15)27-18)21-12-14-10-16(26-23-14)13-6-2-1-3-7-13/h1-10,18H,11-12H2,(H,21,24)(H,22,25)/t18-/m0/s1. The van der Waals surface area contributed by atoms with Crippen LogP contribution in [0.15, 0.2) is 70.1 Å². The smallest absolute Gasteiger partial charge is 0.238 e. The number of anilines is 1. The molecule has 2 heterocycles. The summed E-state index contributed by atoms with van der Waals surface area (Å²) in [5, 5.41) is 9.18. The summed E-state index contributed by atoms with van der Waals surface area (Å²) in [7, 11) is 0. The van der Waals surface area contributed by atoms with Crippen LogP contribution in [0.3, 0.4) is 0 Å². The fourth-order valence-electron chi connectivity index (χ4n) is 2.79. The number of amides is 2. The van der Waals surface area contributed by atoms with Crippen LogP contribution in [-0.2, 0) is 16.1 Å². The van der Waals surface area contributed by atoms with E-state index in [1.807, 2.05) is 54.6 Å². The summed E-state index contributed by atoms with van der Waals surface area (Å²) in [5.74, 6) is 0.298. The summed E-state index contributed by atoms with van der Waals surface area (Å²) in [6.07, 6.45) is 0.105. The third-order valence-electron chi connectivity index (χ3n) is 4.16. The highest BCUT2D eigenvalue weighted by molar-refractivity contribution is 8.01. The number of carbonyl (C=O) groups excluding carboxylic acids is 2. The van der Waals surface area contributed by atoms with Crippen molar-refractivity contribution < 1.29 is 14.1 Å². The molecule has 1 aliphatic rings. The molecule has 0 aliphatic carbocycles. The SMILES string of the molecule is O=C(C[C@@H]1Sc2ccccc2NC1=O)NCc1cc(-c2ccccc2)on1. The molecule has 0 bridgehead atoms. The van der Waals surface area contributed by atoms with E-state index >= 15 is 0 Å². The Balaban J connectivity index is 1.33. The minimum Gasteiger partial charge on any atom is -0.356 e. The van der Waals surface area contributed by atoms with Crippen molar-refractivity contribution in [3.05, 3.63) is 66.4 Å². The number of hydrogen-bond donors (Lipinski definition) is 2. The Labute approximate surface area is 160 Å². The third-order valence-corrected chi connectivity index (χ3v) is 5.44. The molecule has 1 aliphatic heterocycles. The lowest BCUT2D eigenvalue weighted by Crippen LogP contribution is -2.34. The average molecular weight is 379 g/mol. The second-order valence-electron chi connectivity index (χ2n) is 6.12. The summed E-state index contributed by atoms with van der Waals surface area (Å²) < 4.78 is 5.32. The van der Waals surface area contributed by atoms with Gasteiger partial charge in [0.2, 0.25) is 11.8 Å². The zero-order chi connectivity index (χ0) is 18.6. The zero-order valence-corrected chi connectivity index (χ0v) is 15.2. The minimum atomic E-state index is -0.447. The molecular weight excluding hydrogens is 362 g/mol. The maximum absolute atomic E-state index is 12.3. The number of hydrogen-bond acceptors (Lipinski definition) is 5. The molecule has 27 heavy (non-hydrogen) atoms. The topological polar surface area (TPSA) is 84.2 Å². The molecule has 0 unspecified atom stereocenters. The fraction of sp³-hybridized carbons (Fsp3) is 0.150. The van der Waals surface area contributed by atoms with E-state index in [2.05, 4.69) is 15.8 Å². The highest BCUT2D eigenvalue weighted by Crippen LogP contribution is 2.36. The van der Waals surface area contributed by atoms with Gasteiger partial charge in [-0.2, -0.15) is 0 Å². The molecule has 1 aromatic heterocycles. The Morgan fingerprint density at radius 3 is 2.78 bits per heavy atom. The van der Waals surface area contributed by atoms with E-state index in [1.165, 1.54) is 11.8 Å². The predicted octanol–water partition coefficient (Wildman–Crippen LogP) is 3.46. The van der Waals surface area contributed by atoms with E-state index in [9.17, 15) is 9.59 Å². The first kappa shape index (κ1) is 17.4. The van der Waals surface area contributed by atoms with Crippen LogP contribution >= 0.6 is 11.8 Å². The Hall–Kier alpha value is -3.06. The van der Waals surface area contributed by atoms with Crippen LogP contribution in [0.5, 0.6) is 0 Å². The van der Waals surface area contributed by atoms with Gasteiger partial charge in [-0.3, -0.25) is 9.59 Å². The van der Waals surface area contributed by atoms with Gasteiger partial charge in [-0.15, -0.1) is 11.8 Å². The summed E-state index contributed by atoms with van der Waals surface area (Å²) in [5.41, 5.74) is 2.35. The van der Waals surface area contributed by atoms with Crippen molar-refractivity contribution in [1.82, 2.24) is 10.5 Å². The number of nitrogens with zero attached hydrogens (tertiary/aromatic N) is 1. The number of nitrogens with one attached hydrogen (secondary N) is 2. The Kier molecular flexibility index (Phi) is 4.93. The van der Waals surface area contributed by atoms with Crippen LogP contribution in [-0.4, -0.2) is 22.2 Å². The van der Waals surface area contributed by atoms with E-state index in [-0.39, 0.29) is 24.8 Å². The molecular formula is C20H17N3O3S. The Bertz CT molecular complexity index is 971. The molecule has 0 saturated carbocycles. The number of fused-ring (bicyclic) bond motifs is 1. The average Bonchev–Trinajstić information content (AvgIpc) is 3.17. The molecule has 136 valence electrons. The van der Waals surface area contributed by atoms with Gasteiger partial charge in [0.25, 0.3) is 0 Å². The lowest BCUT2D eigenvalue weighted by atomic mass is 10.1. The van der Waals surface area contributed by atoms with Crippen LogP contribution in [0.25, 0.3) is 11.3 Å². The summed E-state index contributed by atoms with van der Waals surface area (Å²) in [6, 6.07) is 19.0. The van der Waals surface area contributed by atoms with Gasteiger partial charge >= 0.3 is 0 Å². The van der Waals surface area contributed by atoms with Crippen molar-refractivity contribution in [2.24, 2.45) is 0 Å². The molecule has 0 saturated heterocycles. The number of aromatic nitrogens is 1. The van der Waals surface area contributed by atoms with Gasteiger partial charge in [0.05, 0.1) is 17.5 Å². The fourth-order valence-corrected chi connectivity index (χ4v) is 3.90. The molecule has 0 fully saturated rings. The molecule has 3 aromatic rings. The quantitative estimate of drug-likeness (QED) is 0.709. The maximum Gasteiger partial charge on any atom is 0.238 e. The third kappa shape index (κ3) is 4.03. The summed E-state index contributed by atoms with van der Waals surface area (Å²) >= 11 is 1.41. The first-order chi connectivity index (χ1) is 13.2. The lowest BCUT2D eigenvalue weighted by Gasteiger charge is -2.23. The summed E-state index contributed by atoms with van der Waals surface area (Å²) in [6.45, 7) is 0.255. The second kappa shape index (κ2) is 7.67. The molecule has 2 amide bonds. The van der Waals surface area contributed by atoms with Crippen LogP contribution < -0.4 is 10.6 Å². The normalized spacial score (nSPS) is 15.7. The van der Waals surface area contributed by atoms with Crippen molar-refractivity contribution in [3.8, 4) is 11.3 Å². The van der Waals surface area contributed by atoms with Gasteiger partial charge in [0, 0.05) is 22.9 Å². The molecule has 0 spiro atoms. The highest BCUT2D eigenvalue weighted by atomic mass is 32.2. The van der Waals surface area contributed by atoms with E-state index in [0.717, 1.165) is 16.1 Å². The number of thioether (sulfide) groups is 1. The molecule has 2 N–H and O–H groups in total. The Morgan fingerprint density at radius 1 is 1.15 bits per heavy atom. The second-order valence-corrected chi connectivity index (χ2v) is 7.37. The first-order valence-electron chi connectivity index (χ1n) is 8.53. The van der Waals surface area contributed by atoms with Crippen molar-refractivity contribution >= 4 is 29.3 Å². The van der Waals surface area contributed by atoms with E-state index in [1.54, 1.807) is 6.07 Å². The van der Waals surface area contributed by atoms with Gasteiger partial charge in [-0.05, 0) is 12.1 Å². The largest absolute Gasteiger partial charge is 0.356 e. The van der Waals surface area contributed by atoms with Gasteiger partial charge in [-0.1, -0.05) is 47.6 Å². The molecule has 1 atom stereocenters. The van der Waals surface area contributed by atoms with Gasteiger partial charge < -0.3 is 15.2 Å². The maximum atomic E-state index is 12.3. The van der Waals surface area contributed by atoms with Gasteiger partial charge in [0.1, 0.15) is 5.69 Å². The van der Waals surface area contributed by atoms with Crippen LogP contribution in [0.1, 0.15) is 12.1 Å². The predicted molar refractivity (Wildman–Crippen MR) is 103 cm³/mol. The minimum absolute atomic E-state index is 0.105. The molecule has 6 nitrogen and oxygen atoms in total. The van der Waals surface area contributed by atoms with Crippen LogP contribution in [0.2, 0.25) is 0 Å². The first-order valence-corrected chi connectivity index (χ1v) is 9.41. The van der Waals surface area contributed by atoms with Crippen LogP contribution in [0.4, 0.5) is 5.69 Å². The lowest BCUT2D eigenvalue weighted by molar-refractivity contribution is -0.124. The number of para-hydroxylation sites is 1. The highest BCUT2D eigenvalue weighted by Gasteiger charge is 2.28. The van der Waals surface area contributed by atoms with Crippen molar-refractivity contribution in [2.45, 2.75) is 23.1 Å². The molecule has 0 radical (unpaired) electrons. The van der Waals surface area contributed by atoms with Crippen molar-refractivity contribution in [1.29, 1.82) is 0 Å². The molecule has 4 rings (SSSR count). The molecule has 2 aromatic carbocycles. The van der Waals surface area contributed by atoms with Gasteiger partial charge in [0.15, 0.2) is 5.76 Å². The number of carbonyl (C=O) groups is 2. The number of rotatable bonds is 5. The van der Waals surface area contributed by atoms with Gasteiger partial charge in [-0.25, -0.2) is 0 Å². The zero-order valence-electron chi connectivity index (χ0n) is 14.3. The summed E-state index contributed by atoms with van der Waals surface area (Å²) in [4.78, 5) is 25.4.